The second kappa shape index (κ2) is 6.12. The Morgan fingerprint density at radius 2 is 1.84 bits per heavy atom. The number of benzene rings is 1. The van der Waals surface area contributed by atoms with E-state index in [9.17, 15) is 4.39 Å². The molecular formula is C14H14Cl2FNS. The van der Waals surface area contributed by atoms with Crippen LogP contribution >= 0.6 is 34.5 Å². The lowest BCUT2D eigenvalue weighted by Gasteiger charge is -2.23. The Bertz CT molecular complexity index is 532. The van der Waals surface area contributed by atoms with E-state index in [0.29, 0.717) is 5.92 Å². The van der Waals surface area contributed by atoms with E-state index in [1.54, 1.807) is 23.5 Å². The highest BCUT2D eigenvalue weighted by atomic mass is 35.5. The summed E-state index contributed by atoms with van der Waals surface area (Å²) in [4.78, 5) is 1.23. The van der Waals surface area contributed by atoms with Crippen LogP contribution in [0.2, 0.25) is 10.0 Å². The molecule has 2 rings (SSSR count). The molecule has 0 aliphatic heterocycles. The number of nitrogens with one attached hydrogen (secondary N) is 1. The molecule has 0 amide bonds. The Labute approximate surface area is 126 Å². The van der Waals surface area contributed by atoms with Gasteiger partial charge in [-0.05, 0) is 29.5 Å². The van der Waals surface area contributed by atoms with E-state index in [-0.39, 0.29) is 16.1 Å². The summed E-state index contributed by atoms with van der Waals surface area (Å²) in [7, 11) is 0. The molecule has 102 valence electrons. The molecule has 0 radical (unpaired) electrons. The van der Waals surface area contributed by atoms with Gasteiger partial charge in [-0.25, -0.2) is 4.39 Å². The first-order valence-electron chi connectivity index (χ1n) is 5.93. The lowest BCUT2D eigenvalue weighted by Crippen LogP contribution is -2.15. The highest BCUT2D eigenvalue weighted by molar-refractivity contribution is 7.10. The number of anilines is 1. The third kappa shape index (κ3) is 3.41. The zero-order chi connectivity index (χ0) is 14.0. The van der Waals surface area contributed by atoms with Crippen LogP contribution in [0.1, 0.15) is 24.8 Å². The summed E-state index contributed by atoms with van der Waals surface area (Å²) in [5.74, 6) is -0.188. The molecule has 1 nitrogen and oxygen atoms in total. The third-order valence-corrected chi connectivity index (χ3v) is 4.33. The number of hydrogen-bond acceptors (Lipinski definition) is 2. The van der Waals surface area contributed by atoms with Crippen molar-refractivity contribution >= 4 is 40.2 Å². The lowest BCUT2D eigenvalue weighted by molar-refractivity contribution is 0.553. The van der Waals surface area contributed by atoms with Gasteiger partial charge in [-0.2, -0.15) is 0 Å². The van der Waals surface area contributed by atoms with Crippen LogP contribution in [-0.2, 0) is 0 Å². The molecule has 0 fully saturated rings. The number of thiophene rings is 1. The maximum atomic E-state index is 13.4. The molecule has 0 aliphatic carbocycles. The smallest absolute Gasteiger partial charge is 0.160 e. The van der Waals surface area contributed by atoms with Crippen LogP contribution in [0, 0.1) is 11.7 Å². The van der Waals surface area contributed by atoms with Crippen LogP contribution in [0.5, 0.6) is 0 Å². The third-order valence-electron chi connectivity index (χ3n) is 2.82. The number of halogens is 3. The van der Waals surface area contributed by atoms with E-state index in [2.05, 4.69) is 25.2 Å². The van der Waals surface area contributed by atoms with Crippen molar-refractivity contribution in [2.75, 3.05) is 5.32 Å². The predicted octanol–water partition coefficient (Wildman–Crippen LogP) is 6.00. The van der Waals surface area contributed by atoms with Gasteiger partial charge in [-0.3, -0.25) is 0 Å². The van der Waals surface area contributed by atoms with Gasteiger partial charge in [0.05, 0.1) is 16.1 Å². The van der Waals surface area contributed by atoms with E-state index >= 15 is 0 Å². The quantitative estimate of drug-likeness (QED) is 0.681. The monoisotopic (exact) mass is 317 g/mol. The minimum Gasteiger partial charge on any atom is -0.377 e. The molecule has 1 aromatic heterocycles. The Morgan fingerprint density at radius 1 is 1.21 bits per heavy atom. The Balaban J connectivity index is 2.28. The van der Waals surface area contributed by atoms with E-state index in [0.717, 1.165) is 5.69 Å². The highest BCUT2D eigenvalue weighted by Crippen LogP contribution is 2.33. The van der Waals surface area contributed by atoms with Crippen molar-refractivity contribution in [3.8, 4) is 0 Å². The molecular weight excluding hydrogens is 304 g/mol. The van der Waals surface area contributed by atoms with Gasteiger partial charge in [-0.15, -0.1) is 11.3 Å². The summed E-state index contributed by atoms with van der Waals surface area (Å²) in [6.07, 6.45) is 0. The first-order valence-corrected chi connectivity index (χ1v) is 7.57. The summed E-state index contributed by atoms with van der Waals surface area (Å²) in [5.41, 5.74) is 0.725. The minimum atomic E-state index is -0.578. The van der Waals surface area contributed by atoms with Crippen molar-refractivity contribution < 1.29 is 4.39 Å². The Hall–Kier alpha value is -0.770. The van der Waals surface area contributed by atoms with E-state index in [4.69, 9.17) is 23.2 Å². The Kier molecular flexibility index (Phi) is 4.71. The summed E-state index contributed by atoms with van der Waals surface area (Å²) >= 11 is 13.3. The van der Waals surface area contributed by atoms with Crippen LogP contribution in [0.3, 0.4) is 0 Å². The zero-order valence-corrected chi connectivity index (χ0v) is 12.9. The van der Waals surface area contributed by atoms with Crippen molar-refractivity contribution in [1.82, 2.24) is 0 Å². The lowest BCUT2D eigenvalue weighted by atomic mass is 10.0. The fourth-order valence-corrected chi connectivity index (χ4v) is 3.29. The fraction of sp³-hybridized carbons (Fsp3) is 0.286. The number of hydrogen-bond donors (Lipinski definition) is 1. The van der Waals surface area contributed by atoms with Crippen LogP contribution in [0.4, 0.5) is 10.1 Å². The van der Waals surface area contributed by atoms with Gasteiger partial charge < -0.3 is 5.32 Å². The van der Waals surface area contributed by atoms with Gasteiger partial charge >= 0.3 is 0 Å². The first kappa shape index (κ1) is 14.6. The van der Waals surface area contributed by atoms with Crippen molar-refractivity contribution in [2.24, 2.45) is 5.92 Å². The van der Waals surface area contributed by atoms with Gasteiger partial charge in [0.2, 0.25) is 0 Å². The van der Waals surface area contributed by atoms with Gasteiger partial charge in [0.25, 0.3) is 0 Å². The average molecular weight is 318 g/mol. The molecule has 1 heterocycles. The van der Waals surface area contributed by atoms with Gasteiger partial charge in [-0.1, -0.05) is 43.1 Å². The van der Waals surface area contributed by atoms with Crippen LogP contribution in [-0.4, -0.2) is 0 Å². The summed E-state index contributed by atoms with van der Waals surface area (Å²) in [6, 6.07) is 7.37. The predicted molar refractivity (Wildman–Crippen MR) is 81.9 cm³/mol. The average Bonchev–Trinajstić information content (AvgIpc) is 2.86. The minimum absolute atomic E-state index is 0.0312. The van der Waals surface area contributed by atoms with Gasteiger partial charge in [0.1, 0.15) is 0 Å². The van der Waals surface area contributed by atoms with E-state index < -0.39 is 5.82 Å². The summed E-state index contributed by atoms with van der Waals surface area (Å²) in [5, 5.41) is 5.47. The standard InChI is InChI=1S/C14H14Cl2FNS/c1-8(2)14(12-4-3-5-19-12)18-9-6-10(15)13(17)11(16)7-9/h3-8,14,18H,1-2H3. The van der Waals surface area contributed by atoms with Crippen molar-refractivity contribution in [3.63, 3.8) is 0 Å². The maximum absolute atomic E-state index is 13.4. The van der Waals surface area contributed by atoms with Crippen LogP contribution in [0.25, 0.3) is 0 Å². The molecule has 0 saturated carbocycles. The SMILES string of the molecule is CC(C)C(Nc1cc(Cl)c(F)c(Cl)c1)c1cccs1. The molecule has 1 aromatic carbocycles. The zero-order valence-electron chi connectivity index (χ0n) is 10.6. The summed E-state index contributed by atoms with van der Waals surface area (Å²) in [6.45, 7) is 4.26. The summed E-state index contributed by atoms with van der Waals surface area (Å²) < 4.78 is 13.4. The molecule has 0 saturated heterocycles. The fourth-order valence-electron chi connectivity index (χ4n) is 1.85. The molecule has 1 atom stereocenters. The maximum Gasteiger partial charge on any atom is 0.160 e. The van der Waals surface area contributed by atoms with E-state index in [1.165, 1.54) is 4.88 Å². The molecule has 1 unspecified atom stereocenters. The molecule has 0 spiro atoms. The van der Waals surface area contributed by atoms with Crippen molar-refractivity contribution in [1.29, 1.82) is 0 Å². The molecule has 0 bridgehead atoms. The second-order valence-corrected chi connectivity index (χ2v) is 6.43. The Morgan fingerprint density at radius 3 is 2.32 bits per heavy atom. The molecule has 2 aromatic rings. The largest absolute Gasteiger partial charge is 0.377 e. The topological polar surface area (TPSA) is 12.0 Å². The normalized spacial score (nSPS) is 12.7. The molecule has 1 N–H and O–H groups in total. The van der Waals surface area contributed by atoms with Gasteiger partial charge in [0.15, 0.2) is 5.82 Å². The highest BCUT2D eigenvalue weighted by Gasteiger charge is 2.18. The van der Waals surface area contributed by atoms with Gasteiger partial charge in [0, 0.05) is 10.6 Å². The number of rotatable bonds is 4. The second-order valence-electron chi connectivity index (χ2n) is 4.64. The van der Waals surface area contributed by atoms with Crippen LogP contribution < -0.4 is 5.32 Å². The molecule has 0 aliphatic rings. The first-order chi connectivity index (χ1) is 8.99. The molecule has 19 heavy (non-hydrogen) atoms. The van der Waals surface area contributed by atoms with Crippen molar-refractivity contribution in [3.05, 3.63) is 50.4 Å². The molecule has 5 heteroatoms. The van der Waals surface area contributed by atoms with Crippen molar-refractivity contribution in [2.45, 2.75) is 19.9 Å². The van der Waals surface area contributed by atoms with E-state index in [1.807, 2.05) is 11.4 Å². The van der Waals surface area contributed by atoms with Crippen LogP contribution in [0.15, 0.2) is 29.6 Å².